The van der Waals surface area contributed by atoms with E-state index in [1.807, 2.05) is 20.8 Å². The maximum absolute atomic E-state index is 13.2. The molecular weight excluding hydrogens is 115 g/mol. The van der Waals surface area contributed by atoms with Crippen LogP contribution >= 0.6 is 0 Å². The molecule has 9 heavy (non-hydrogen) atoms. The van der Waals surface area contributed by atoms with Crippen LogP contribution in [-0.2, 0) is 0 Å². The summed E-state index contributed by atoms with van der Waals surface area (Å²) in [4.78, 5) is 0. The zero-order valence-corrected chi connectivity index (χ0v) is 6.87. The van der Waals surface area contributed by atoms with Crippen molar-refractivity contribution in [3.8, 4) is 0 Å². The van der Waals surface area contributed by atoms with Gasteiger partial charge >= 0.3 is 0 Å². The van der Waals surface area contributed by atoms with Crippen LogP contribution in [0.2, 0.25) is 0 Å². The molecule has 0 saturated carbocycles. The predicted octanol–water partition coefficient (Wildman–Crippen LogP) is 3.17. The number of halogens is 1. The van der Waals surface area contributed by atoms with Gasteiger partial charge in [-0.15, -0.1) is 0 Å². The molecule has 0 rings (SSSR count). The molecule has 0 aliphatic heterocycles. The third kappa shape index (κ3) is 2.33. The Hall–Kier alpha value is -0.0700. The van der Waals surface area contributed by atoms with Crippen LogP contribution in [0.5, 0.6) is 0 Å². The van der Waals surface area contributed by atoms with Gasteiger partial charge in [0.15, 0.2) is 0 Å². The van der Waals surface area contributed by atoms with E-state index in [-0.39, 0.29) is 5.92 Å². The Morgan fingerprint density at radius 3 is 2.00 bits per heavy atom. The lowest BCUT2D eigenvalue weighted by Gasteiger charge is -2.24. The normalized spacial score (nSPS) is 21.0. The quantitative estimate of drug-likeness (QED) is 0.553. The highest BCUT2D eigenvalue weighted by Gasteiger charge is 2.26. The minimum absolute atomic E-state index is 0.197. The summed E-state index contributed by atoms with van der Waals surface area (Å²) in [5.74, 6) is 0.197. The molecule has 0 bridgehead atoms. The molecule has 0 nitrogen and oxygen atoms in total. The SMILES string of the molecule is CC[C@H](C)C(C)(F)CC. The Labute approximate surface area is 57.5 Å². The summed E-state index contributed by atoms with van der Waals surface area (Å²) in [6.45, 7) is 7.56. The van der Waals surface area contributed by atoms with Crippen molar-refractivity contribution in [2.75, 3.05) is 0 Å². The first-order valence-corrected chi connectivity index (χ1v) is 3.73. The number of alkyl halides is 1. The van der Waals surface area contributed by atoms with Gasteiger partial charge in [-0.05, 0) is 19.3 Å². The zero-order chi connectivity index (χ0) is 7.49. The first-order valence-electron chi connectivity index (χ1n) is 3.73. The molecule has 0 spiro atoms. The van der Waals surface area contributed by atoms with Gasteiger partial charge in [-0.2, -0.15) is 0 Å². The summed E-state index contributed by atoms with van der Waals surface area (Å²) in [5, 5.41) is 0. The van der Waals surface area contributed by atoms with Crippen molar-refractivity contribution in [2.24, 2.45) is 5.92 Å². The molecule has 0 aromatic carbocycles. The fourth-order valence-corrected chi connectivity index (χ4v) is 0.774. The van der Waals surface area contributed by atoms with Crippen LogP contribution in [0.4, 0.5) is 4.39 Å². The number of hydrogen-bond donors (Lipinski definition) is 0. The Balaban J connectivity index is 3.80. The summed E-state index contributed by atoms with van der Waals surface area (Å²) in [5.41, 5.74) is -0.950. The van der Waals surface area contributed by atoms with Crippen molar-refractivity contribution in [3.63, 3.8) is 0 Å². The Bertz CT molecular complexity index is 76.6. The zero-order valence-electron chi connectivity index (χ0n) is 6.87. The van der Waals surface area contributed by atoms with Crippen LogP contribution in [0.1, 0.15) is 40.5 Å². The molecule has 0 amide bonds. The molecule has 0 radical (unpaired) electrons. The van der Waals surface area contributed by atoms with Crippen LogP contribution in [0.15, 0.2) is 0 Å². The van der Waals surface area contributed by atoms with E-state index in [0.29, 0.717) is 6.42 Å². The minimum Gasteiger partial charge on any atom is -0.244 e. The number of hydrogen-bond acceptors (Lipinski definition) is 0. The van der Waals surface area contributed by atoms with Crippen molar-refractivity contribution in [2.45, 2.75) is 46.2 Å². The molecule has 1 heteroatoms. The van der Waals surface area contributed by atoms with Crippen LogP contribution in [0, 0.1) is 5.92 Å². The van der Waals surface area contributed by atoms with Crippen molar-refractivity contribution in [3.05, 3.63) is 0 Å². The third-order valence-electron chi connectivity index (χ3n) is 2.33. The predicted molar refractivity (Wildman–Crippen MR) is 39.3 cm³/mol. The minimum atomic E-state index is -0.950. The molecule has 56 valence electrons. The molecule has 1 unspecified atom stereocenters. The molecule has 0 aliphatic carbocycles. The lowest BCUT2D eigenvalue weighted by atomic mass is 9.88. The maximum Gasteiger partial charge on any atom is 0.110 e. The summed E-state index contributed by atoms with van der Waals surface area (Å²) in [6, 6.07) is 0. The van der Waals surface area contributed by atoms with E-state index in [0.717, 1.165) is 6.42 Å². The third-order valence-corrected chi connectivity index (χ3v) is 2.33. The van der Waals surface area contributed by atoms with Crippen molar-refractivity contribution in [1.29, 1.82) is 0 Å². The van der Waals surface area contributed by atoms with Crippen molar-refractivity contribution in [1.82, 2.24) is 0 Å². The van der Waals surface area contributed by atoms with Gasteiger partial charge in [0.05, 0.1) is 0 Å². The fourth-order valence-electron chi connectivity index (χ4n) is 0.774. The Kier molecular flexibility index (Phi) is 3.16. The summed E-state index contributed by atoms with van der Waals surface area (Å²) < 4.78 is 13.2. The average Bonchev–Trinajstić information content (AvgIpc) is 1.86. The molecule has 0 aromatic rings. The van der Waals surface area contributed by atoms with Crippen LogP contribution in [0.25, 0.3) is 0 Å². The highest BCUT2D eigenvalue weighted by atomic mass is 19.1. The number of rotatable bonds is 3. The van der Waals surface area contributed by atoms with Crippen molar-refractivity contribution >= 4 is 0 Å². The van der Waals surface area contributed by atoms with Gasteiger partial charge in [-0.3, -0.25) is 0 Å². The van der Waals surface area contributed by atoms with E-state index in [9.17, 15) is 4.39 Å². The molecule has 0 N–H and O–H groups in total. The van der Waals surface area contributed by atoms with Gasteiger partial charge < -0.3 is 0 Å². The molecule has 2 atom stereocenters. The topological polar surface area (TPSA) is 0 Å². The van der Waals surface area contributed by atoms with Gasteiger partial charge in [0.2, 0.25) is 0 Å². The standard InChI is InChI=1S/C8H17F/c1-5-7(3)8(4,9)6-2/h7H,5-6H2,1-4H3/t7-,8?/m0/s1. The monoisotopic (exact) mass is 132 g/mol. The van der Waals surface area contributed by atoms with E-state index in [2.05, 4.69) is 0 Å². The lowest BCUT2D eigenvalue weighted by Crippen LogP contribution is -2.25. The lowest BCUT2D eigenvalue weighted by molar-refractivity contribution is 0.105. The fraction of sp³-hybridized carbons (Fsp3) is 1.00. The first-order chi connectivity index (χ1) is 4.04. The molecule has 0 aromatic heterocycles. The van der Waals surface area contributed by atoms with Crippen LogP contribution < -0.4 is 0 Å². The van der Waals surface area contributed by atoms with E-state index >= 15 is 0 Å². The van der Waals surface area contributed by atoms with Gasteiger partial charge in [0, 0.05) is 0 Å². The van der Waals surface area contributed by atoms with Gasteiger partial charge in [0.1, 0.15) is 5.67 Å². The van der Waals surface area contributed by atoms with E-state index < -0.39 is 5.67 Å². The van der Waals surface area contributed by atoms with E-state index in [1.54, 1.807) is 6.92 Å². The second-order valence-electron chi connectivity index (χ2n) is 2.94. The van der Waals surface area contributed by atoms with Gasteiger partial charge in [-0.25, -0.2) is 4.39 Å². The molecule has 0 fully saturated rings. The van der Waals surface area contributed by atoms with E-state index in [1.165, 1.54) is 0 Å². The molecule has 0 aliphatic rings. The maximum atomic E-state index is 13.2. The van der Waals surface area contributed by atoms with Crippen LogP contribution in [-0.4, -0.2) is 5.67 Å². The van der Waals surface area contributed by atoms with E-state index in [4.69, 9.17) is 0 Å². The second-order valence-corrected chi connectivity index (χ2v) is 2.94. The molecular formula is C8H17F. The summed E-state index contributed by atoms with van der Waals surface area (Å²) >= 11 is 0. The van der Waals surface area contributed by atoms with Gasteiger partial charge in [0.25, 0.3) is 0 Å². The van der Waals surface area contributed by atoms with Gasteiger partial charge in [-0.1, -0.05) is 27.2 Å². The molecule has 0 saturated heterocycles. The van der Waals surface area contributed by atoms with Crippen LogP contribution in [0.3, 0.4) is 0 Å². The smallest absolute Gasteiger partial charge is 0.110 e. The largest absolute Gasteiger partial charge is 0.244 e. The first kappa shape index (κ1) is 8.93. The highest BCUT2D eigenvalue weighted by molar-refractivity contribution is 4.76. The highest BCUT2D eigenvalue weighted by Crippen LogP contribution is 2.27. The molecule has 0 heterocycles. The summed E-state index contributed by atoms with van der Waals surface area (Å²) in [7, 11) is 0. The Morgan fingerprint density at radius 1 is 1.44 bits per heavy atom. The average molecular weight is 132 g/mol. The van der Waals surface area contributed by atoms with Crippen molar-refractivity contribution < 1.29 is 4.39 Å². The second kappa shape index (κ2) is 3.19. The Morgan fingerprint density at radius 2 is 1.89 bits per heavy atom. The summed E-state index contributed by atoms with van der Waals surface area (Å²) in [6.07, 6.45) is 1.56.